The van der Waals surface area contributed by atoms with Gasteiger partial charge in [0.15, 0.2) is 16.7 Å². The number of amides is 1. The van der Waals surface area contributed by atoms with Crippen LogP contribution in [0, 0.1) is 6.92 Å². The Labute approximate surface area is 194 Å². The number of carboxylic acids is 1. The van der Waals surface area contributed by atoms with Gasteiger partial charge in [-0.25, -0.2) is 0 Å². The molecule has 2 N–H and O–H groups in total. The highest BCUT2D eigenvalue weighted by Crippen LogP contribution is 2.37. The van der Waals surface area contributed by atoms with Gasteiger partial charge in [0.25, 0.3) is 0 Å². The molecule has 0 radical (unpaired) electrons. The average Bonchev–Trinajstić information content (AvgIpc) is 3.07. The van der Waals surface area contributed by atoms with E-state index in [4.69, 9.17) is 26.2 Å². The summed E-state index contributed by atoms with van der Waals surface area (Å²) in [6, 6.07) is 11.3. The lowest BCUT2D eigenvalue weighted by molar-refractivity contribution is -0.138. The minimum absolute atomic E-state index is 0.242. The maximum absolute atomic E-state index is 11.8. The van der Waals surface area contributed by atoms with Crippen LogP contribution in [0.1, 0.15) is 30.0 Å². The van der Waals surface area contributed by atoms with Gasteiger partial charge in [0.2, 0.25) is 5.91 Å². The molecule has 1 heterocycles. The first kappa shape index (κ1) is 23.6. The van der Waals surface area contributed by atoms with E-state index >= 15 is 0 Å². The van der Waals surface area contributed by atoms with Crippen LogP contribution >= 0.6 is 23.4 Å². The summed E-state index contributed by atoms with van der Waals surface area (Å²) in [6.07, 6.45) is 1.18. The second-order valence-electron chi connectivity index (χ2n) is 6.82. The molecule has 2 aromatic rings. The molecule has 10 heteroatoms. The van der Waals surface area contributed by atoms with Gasteiger partial charge in [0, 0.05) is 5.56 Å². The average molecular weight is 476 g/mol. The van der Waals surface area contributed by atoms with E-state index in [0.717, 1.165) is 22.9 Å². The first-order chi connectivity index (χ1) is 15.4. The molecular weight excluding hydrogens is 454 g/mol. The Kier molecular flexibility index (Phi) is 8.13. The SMILES string of the molecule is CCOc1cc(/C=N\N=C2\NC(=O)[C@@H](CC(=O)O)S2)cc(Cl)c1OCc1ccccc1C. The zero-order chi connectivity index (χ0) is 23.1. The van der Waals surface area contributed by atoms with Gasteiger partial charge in [-0.05, 0) is 37.1 Å². The zero-order valence-electron chi connectivity index (χ0n) is 17.5. The van der Waals surface area contributed by atoms with E-state index < -0.39 is 17.1 Å². The number of carboxylic acid groups (broad SMARTS) is 1. The number of hydrogen-bond donors (Lipinski definition) is 2. The van der Waals surface area contributed by atoms with Gasteiger partial charge in [-0.1, -0.05) is 47.6 Å². The number of amidine groups is 1. The van der Waals surface area contributed by atoms with Gasteiger partial charge in [-0.3, -0.25) is 9.59 Å². The Balaban J connectivity index is 1.73. The van der Waals surface area contributed by atoms with Crippen LogP contribution in [0.5, 0.6) is 11.5 Å². The van der Waals surface area contributed by atoms with Gasteiger partial charge in [0.05, 0.1) is 24.3 Å². The summed E-state index contributed by atoms with van der Waals surface area (Å²) in [5, 5.41) is 19.2. The van der Waals surface area contributed by atoms with Crippen molar-refractivity contribution in [2.24, 2.45) is 10.2 Å². The number of thioether (sulfide) groups is 1. The first-order valence-electron chi connectivity index (χ1n) is 9.81. The van der Waals surface area contributed by atoms with Crippen LogP contribution in [0.2, 0.25) is 5.02 Å². The zero-order valence-corrected chi connectivity index (χ0v) is 19.1. The normalized spacial score (nSPS) is 17.0. The molecule has 0 unspecified atom stereocenters. The number of carbonyl (C=O) groups excluding carboxylic acids is 1. The smallest absolute Gasteiger partial charge is 0.305 e. The highest BCUT2D eigenvalue weighted by molar-refractivity contribution is 8.15. The van der Waals surface area contributed by atoms with Crippen LogP contribution in [0.15, 0.2) is 46.6 Å². The number of nitrogens with one attached hydrogen (secondary N) is 1. The number of rotatable bonds is 9. The molecular formula is C22H22ClN3O5S. The van der Waals surface area contributed by atoms with Gasteiger partial charge in [-0.15, -0.1) is 5.10 Å². The van der Waals surface area contributed by atoms with Gasteiger partial charge >= 0.3 is 5.97 Å². The quantitative estimate of drug-likeness (QED) is 0.418. The Morgan fingerprint density at radius 1 is 1.31 bits per heavy atom. The van der Waals surface area contributed by atoms with Crippen molar-refractivity contribution in [2.75, 3.05) is 6.61 Å². The third kappa shape index (κ3) is 6.24. The Morgan fingerprint density at radius 3 is 2.81 bits per heavy atom. The number of benzene rings is 2. The molecule has 32 heavy (non-hydrogen) atoms. The van der Waals surface area contributed by atoms with E-state index in [9.17, 15) is 9.59 Å². The summed E-state index contributed by atoms with van der Waals surface area (Å²) >= 11 is 7.48. The lowest BCUT2D eigenvalue weighted by Crippen LogP contribution is -2.26. The number of carbonyl (C=O) groups is 2. The summed E-state index contributed by atoms with van der Waals surface area (Å²) in [5.41, 5.74) is 2.79. The Bertz CT molecular complexity index is 1070. The molecule has 2 aromatic carbocycles. The number of nitrogens with zero attached hydrogens (tertiary/aromatic N) is 2. The highest BCUT2D eigenvalue weighted by Gasteiger charge is 2.32. The number of halogens is 1. The van der Waals surface area contributed by atoms with Crippen molar-refractivity contribution in [3.8, 4) is 11.5 Å². The molecule has 1 amide bonds. The second-order valence-corrected chi connectivity index (χ2v) is 8.42. The lowest BCUT2D eigenvalue weighted by Gasteiger charge is -2.15. The maximum Gasteiger partial charge on any atom is 0.305 e. The third-order valence-electron chi connectivity index (χ3n) is 4.46. The fourth-order valence-electron chi connectivity index (χ4n) is 2.88. The first-order valence-corrected chi connectivity index (χ1v) is 11.1. The van der Waals surface area contributed by atoms with Crippen LogP contribution in [-0.4, -0.2) is 40.2 Å². The van der Waals surface area contributed by atoms with Gasteiger partial charge < -0.3 is 19.9 Å². The monoisotopic (exact) mass is 475 g/mol. The van der Waals surface area contributed by atoms with Crippen molar-refractivity contribution in [1.82, 2.24) is 5.32 Å². The van der Waals surface area contributed by atoms with E-state index in [2.05, 4.69) is 15.5 Å². The van der Waals surface area contributed by atoms with Crippen LogP contribution in [0.4, 0.5) is 0 Å². The Morgan fingerprint density at radius 2 is 2.09 bits per heavy atom. The molecule has 1 aliphatic rings. The van der Waals surface area contributed by atoms with Crippen molar-refractivity contribution in [3.63, 3.8) is 0 Å². The fourth-order valence-corrected chi connectivity index (χ4v) is 4.07. The molecule has 8 nitrogen and oxygen atoms in total. The Hall–Kier alpha value is -3.04. The summed E-state index contributed by atoms with van der Waals surface area (Å²) in [5.74, 6) is -0.531. The van der Waals surface area contributed by atoms with Crippen LogP contribution in [0.25, 0.3) is 0 Å². The molecule has 1 aliphatic heterocycles. The maximum atomic E-state index is 11.8. The number of ether oxygens (including phenoxy) is 2. The highest BCUT2D eigenvalue weighted by atomic mass is 35.5. The lowest BCUT2D eigenvalue weighted by atomic mass is 10.1. The van der Waals surface area contributed by atoms with E-state index in [0.29, 0.717) is 35.3 Å². The van der Waals surface area contributed by atoms with Crippen molar-refractivity contribution < 1.29 is 24.2 Å². The molecule has 1 fully saturated rings. The largest absolute Gasteiger partial charge is 0.490 e. The summed E-state index contributed by atoms with van der Waals surface area (Å²) in [4.78, 5) is 22.6. The standard InChI is InChI=1S/C22H22ClN3O5S/c1-3-30-17-9-14(11-24-26-22-25-21(29)18(32-22)10-19(27)28)8-16(23)20(17)31-12-15-7-5-4-6-13(15)2/h4-9,11,18H,3,10,12H2,1-2H3,(H,27,28)(H,25,26,29)/b24-11-/t18-/m1/s1. The predicted molar refractivity (Wildman–Crippen MR) is 125 cm³/mol. The molecule has 0 aromatic heterocycles. The molecule has 0 aliphatic carbocycles. The van der Waals surface area contributed by atoms with E-state index in [1.807, 2.05) is 38.1 Å². The number of hydrogen-bond acceptors (Lipinski definition) is 7. The van der Waals surface area contributed by atoms with Crippen LogP contribution in [-0.2, 0) is 16.2 Å². The van der Waals surface area contributed by atoms with Crippen molar-refractivity contribution in [1.29, 1.82) is 0 Å². The van der Waals surface area contributed by atoms with Crippen LogP contribution < -0.4 is 14.8 Å². The predicted octanol–water partition coefficient (Wildman–Crippen LogP) is 4.02. The van der Waals surface area contributed by atoms with E-state index in [1.54, 1.807) is 12.1 Å². The second kappa shape index (κ2) is 11.0. The van der Waals surface area contributed by atoms with Crippen LogP contribution in [0.3, 0.4) is 0 Å². The molecule has 0 saturated carbocycles. The van der Waals surface area contributed by atoms with Gasteiger partial charge in [-0.2, -0.15) is 5.10 Å². The summed E-state index contributed by atoms with van der Waals surface area (Å²) < 4.78 is 11.7. The molecule has 0 spiro atoms. The van der Waals surface area contributed by atoms with E-state index in [1.165, 1.54) is 6.21 Å². The third-order valence-corrected chi connectivity index (χ3v) is 5.81. The minimum Gasteiger partial charge on any atom is -0.490 e. The van der Waals surface area contributed by atoms with Crippen molar-refractivity contribution >= 4 is 46.6 Å². The topological polar surface area (TPSA) is 110 Å². The molecule has 1 saturated heterocycles. The van der Waals surface area contributed by atoms with E-state index in [-0.39, 0.29) is 11.6 Å². The van der Waals surface area contributed by atoms with Crippen molar-refractivity contribution in [2.45, 2.75) is 32.1 Å². The number of aryl methyl sites for hydroxylation is 1. The molecule has 3 rings (SSSR count). The minimum atomic E-state index is -1.05. The fraction of sp³-hybridized carbons (Fsp3) is 0.273. The molecule has 1 atom stereocenters. The molecule has 0 bridgehead atoms. The van der Waals surface area contributed by atoms with Gasteiger partial charge in [0.1, 0.15) is 11.9 Å². The number of aliphatic carboxylic acids is 1. The summed E-state index contributed by atoms with van der Waals surface area (Å²) in [7, 11) is 0. The summed E-state index contributed by atoms with van der Waals surface area (Å²) in [6.45, 7) is 4.65. The molecule has 168 valence electrons. The van der Waals surface area contributed by atoms with Crippen molar-refractivity contribution in [3.05, 3.63) is 58.1 Å².